The Bertz CT molecular complexity index is 1340. The molecule has 1 saturated carbocycles. The Morgan fingerprint density at radius 2 is 1.87 bits per heavy atom. The summed E-state index contributed by atoms with van der Waals surface area (Å²) in [5.41, 5.74) is 10.6. The summed E-state index contributed by atoms with van der Waals surface area (Å²) < 4.78 is 5.67. The molecular weight excluding hydrogens is 478 g/mol. The first-order valence-corrected chi connectivity index (χ1v) is 13.4. The molecule has 6 heteroatoms. The molecule has 1 unspecified atom stereocenters. The van der Waals surface area contributed by atoms with Gasteiger partial charge in [0.15, 0.2) is 0 Å². The van der Waals surface area contributed by atoms with E-state index >= 15 is 0 Å². The highest BCUT2D eigenvalue weighted by Gasteiger charge is 2.53. The number of hydrogen-bond acceptors (Lipinski definition) is 6. The first-order chi connectivity index (χ1) is 18.2. The zero-order chi connectivity index (χ0) is 27.0. The van der Waals surface area contributed by atoms with Gasteiger partial charge in [0.25, 0.3) is 0 Å². The molecular formula is C32H36NO5-. The number of ether oxygens (including phenoxy) is 1. The fraction of sp³-hybridized carbons (Fsp3) is 0.406. The van der Waals surface area contributed by atoms with E-state index in [4.69, 9.17) is 9.84 Å². The van der Waals surface area contributed by atoms with Crippen LogP contribution in [0.5, 0.6) is 5.75 Å². The second-order valence-corrected chi connectivity index (χ2v) is 11.1. The first-order valence-electron chi connectivity index (χ1n) is 13.4. The number of carbonyl (C=O) groups is 1. The van der Waals surface area contributed by atoms with Gasteiger partial charge in [0.2, 0.25) is 0 Å². The molecule has 3 aromatic carbocycles. The van der Waals surface area contributed by atoms with E-state index in [-0.39, 0.29) is 31.0 Å². The highest BCUT2D eigenvalue weighted by atomic mass is 16.5. The average molecular weight is 515 g/mol. The molecule has 2 aliphatic rings. The number of rotatable bonds is 10. The number of aliphatic carboxylic acids is 1. The van der Waals surface area contributed by atoms with E-state index in [0.717, 1.165) is 36.1 Å². The number of aryl methyl sites for hydroxylation is 2. The minimum Gasteiger partial charge on any atom is -0.550 e. The lowest BCUT2D eigenvalue weighted by Crippen LogP contribution is -2.26. The van der Waals surface area contributed by atoms with E-state index in [2.05, 4.69) is 62.5 Å². The number of anilines is 1. The Balaban J connectivity index is 1.33. The molecule has 0 aromatic heterocycles. The van der Waals surface area contributed by atoms with Crippen molar-refractivity contribution in [2.45, 2.75) is 65.0 Å². The summed E-state index contributed by atoms with van der Waals surface area (Å²) in [5.74, 6) is -0.198. The third-order valence-electron chi connectivity index (χ3n) is 8.42. The number of carbonyl (C=O) groups excluding carboxylic acids is 1. The van der Waals surface area contributed by atoms with Crippen molar-refractivity contribution in [2.75, 3.05) is 18.5 Å². The van der Waals surface area contributed by atoms with E-state index < -0.39 is 12.1 Å². The van der Waals surface area contributed by atoms with Gasteiger partial charge in [-0.3, -0.25) is 0 Å². The van der Waals surface area contributed by atoms with Crippen LogP contribution in [0, 0.1) is 26.2 Å². The Hall–Kier alpha value is -3.35. The van der Waals surface area contributed by atoms with Crippen LogP contribution in [-0.4, -0.2) is 35.5 Å². The quantitative estimate of drug-likeness (QED) is 0.375. The minimum atomic E-state index is -0.959. The lowest BCUT2D eigenvalue weighted by atomic mass is 9.87. The highest BCUT2D eigenvalue weighted by Crippen LogP contribution is 2.64. The Morgan fingerprint density at radius 3 is 2.53 bits per heavy atom. The molecule has 6 nitrogen and oxygen atoms in total. The molecule has 0 bridgehead atoms. The van der Waals surface area contributed by atoms with E-state index in [1.165, 1.54) is 33.4 Å². The van der Waals surface area contributed by atoms with Gasteiger partial charge in [-0.05, 0) is 127 Å². The molecule has 1 fully saturated rings. The fourth-order valence-electron chi connectivity index (χ4n) is 6.24. The summed E-state index contributed by atoms with van der Waals surface area (Å²) in [6.45, 7) is 6.68. The number of aliphatic hydroxyl groups excluding tert-OH is 2. The van der Waals surface area contributed by atoms with Crippen molar-refractivity contribution < 1.29 is 24.9 Å². The van der Waals surface area contributed by atoms with E-state index in [1.807, 2.05) is 12.1 Å². The lowest BCUT2D eigenvalue weighted by Gasteiger charge is -2.20. The lowest BCUT2D eigenvalue weighted by molar-refractivity contribution is -0.306. The van der Waals surface area contributed by atoms with Gasteiger partial charge in [0, 0.05) is 18.2 Å². The number of nitrogens with one attached hydrogen (secondary N) is 1. The van der Waals surface area contributed by atoms with Gasteiger partial charge in [0.1, 0.15) is 18.5 Å². The molecule has 2 atom stereocenters. The van der Waals surface area contributed by atoms with Gasteiger partial charge in [0.05, 0.1) is 6.61 Å². The maximum absolute atomic E-state index is 11.3. The van der Waals surface area contributed by atoms with Gasteiger partial charge in [-0.15, -0.1) is 0 Å². The van der Waals surface area contributed by atoms with Gasteiger partial charge < -0.3 is 30.2 Å². The van der Waals surface area contributed by atoms with Gasteiger partial charge in [-0.25, -0.2) is 0 Å². The molecule has 200 valence electrons. The fourth-order valence-corrected chi connectivity index (χ4v) is 6.24. The summed E-state index contributed by atoms with van der Waals surface area (Å²) in [4.78, 5) is 11.3. The smallest absolute Gasteiger partial charge is 0.120 e. The van der Waals surface area contributed by atoms with Crippen molar-refractivity contribution in [1.82, 2.24) is 0 Å². The van der Waals surface area contributed by atoms with Crippen LogP contribution in [-0.2, 0) is 17.8 Å². The Morgan fingerprint density at radius 1 is 1.13 bits per heavy atom. The summed E-state index contributed by atoms with van der Waals surface area (Å²) in [6, 6.07) is 16.7. The van der Waals surface area contributed by atoms with Crippen LogP contribution in [0.1, 0.15) is 58.6 Å². The van der Waals surface area contributed by atoms with E-state index in [9.17, 15) is 15.0 Å². The molecule has 0 aliphatic heterocycles. The van der Waals surface area contributed by atoms with Gasteiger partial charge >= 0.3 is 0 Å². The molecule has 38 heavy (non-hydrogen) atoms. The van der Waals surface area contributed by atoms with Crippen molar-refractivity contribution in [1.29, 1.82) is 0 Å². The van der Waals surface area contributed by atoms with Crippen molar-refractivity contribution in [3.63, 3.8) is 0 Å². The standard InChI is InChI=1S/C32H37NO5/c1-19-11-26(38-18-25(35)17-34)12-20(2)31(19)27-6-4-5-22(21(27)3)16-33-24-7-8-28-23(13-24)15-32(9-10-32)29(28)14-30(36)37/h4-8,11-13,25,29,33-35H,9-10,14-18H2,1-3H3,(H,36,37)/p-1/t25-,29?/m0/s1. The third kappa shape index (κ3) is 5.16. The third-order valence-corrected chi connectivity index (χ3v) is 8.42. The normalized spacial score (nSPS) is 17.8. The van der Waals surface area contributed by atoms with Gasteiger partial charge in [-0.2, -0.15) is 0 Å². The molecule has 0 amide bonds. The zero-order valence-corrected chi connectivity index (χ0v) is 22.3. The summed E-state index contributed by atoms with van der Waals surface area (Å²) >= 11 is 0. The van der Waals surface area contributed by atoms with Crippen molar-refractivity contribution in [3.8, 4) is 16.9 Å². The predicted octanol–water partition coefficient (Wildman–Crippen LogP) is 4.18. The minimum absolute atomic E-state index is 0.0516. The molecule has 0 heterocycles. The number of carboxylic acid groups (broad SMARTS) is 1. The SMILES string of the molecule is Cc1cc(OC[C@@H](O)CO)cc(C)c1-c1cccc(CNc2ccc3c(c2)CC2(CC2)C3CC(=O)[O-])c1C. The highest BCUT2D eigenvalue weighted by molar-refractivity contribution is 5.75. The molecule has 3 aromatic rings. The van der Waals surface area contributed by atoms with Crippen LogP contribution < -0.4 is 15.2 Å². The van der Waals surface area contributed by atoms with Crippen LogP contribution in [0.2, 0.25) is 0 Å². The number of hydrogen-bond donors (Lipinski definition) is 3. The number of carboxylic acids is 1. The van der Waals surface area contributed by atoms with Gasteiger partial charge in [-0.1, -0.05) is 24.3 Å². The van der Waals surface area contributed by atoms with E-state index in [1.54, 1.807) is 0 Å². The van der Waals surface area contributed by atoms with Crippen LogP contribution in [0.3, 0.4) is 0 Å². The Labute approximate surface area is 224 Å². The number of benzene rings is 3. The molecule has 2 aliphatic carbocycles. The maximum atomic E-state index is 11.3. The van der Waals surface area contributed by atoms with Crippen LogP contribution in [0.15, 0.2) is 48.5 Å². The number of aliphatic hydroxyl groups is 2. The molecule has 0 radical (unpaired) electrons. The van der Waals surface area contributed by atoms with Crippen molar-refractivity contribution in [3.05, 3.63) is 81.9 Å². The maximum Gasteiger partial charge on any atom is 0.120 e. The predicted molar refractivity (Wildman–Crippen MR) is 146 cm³/mol. The monoisotopic (exact) mass is 514 g/mol. The van der Waals surface area contributed by atoms with E-state index in [0.29, 0.717) is 12.3 Å². The average Bonchev–Trinajstić information content (AvgIpc) is 3.59. The molecule has 5 rings (SSSR count). The number of fused-ring (bicyclic) bond motifs is 1. The summed E-state index contributed by atoms with van der Waals surface area (Å²) in [6.07, 6.45) is 2.38. The molecule has 1 spiro atoms. The summed E-state index contributed by atoms with van der Waals surface area (Å²) in [5, 5.41) is 33.6. The first kappa shape index (κ1) is 26.3. The second-order valence-electron chi connectivity index (χ2n) is 11.1. The van der Waals surface area contributed by atoms with Crippen LogP contribution in [0.25, 0.3) is 11.1 Å². The van der Waals surface area contributed by atoms with Crippen molar-refractivity contribution >= 4 is 11.7 Å². The largest absolute Gasteiger partial charge is 0.550 e. The summed E-state index contributed by atoms with van der Waals surface area (Å²) in [7, 11) is 0. The zero-order valence-electron chi connectivity index (χ0n) is 22.3. The second kappa shape index (κ2) is 10.4. The molecule has 3 N–H and O–H groups in total. The Kier molecular flexibility index (Phi) is 7.21. The molecule has 0 saturated heterocycles. The van der Waals surface area contributed by atoms with Crippen LogP contribution in [0.4, 0.5) is 5.69 Å². The van der Waals surface area contributed by atoms with Crippen molar-refractivity contribution in [2.24, 2.45) is 5.41 Å². The van der Waals surface area contributed by atoms with Crippen LogP contribution >= 0.6 is 0 Å². The topological polar surface area (TPSA) is 102 Å².